The minimum absolute atomic E-state index is 0.146. The van der Waals surface area contributed by atoms with Gasteiger partial charge in [0, 0.05) is 55.8 Å². The average Bonchev–Trinajstić information content (AvgIpc) is 3.20. The molecule has 3 heterocycles. The lowest BCUT2D eigenvalue weighted by atomic mass is 10.2. The van der Waals surface area contributed by atoms with E-state index in [1.807, 2.05) is 12.1 Å². The van der Waals surface area contributed by atoms with Crippen molar-refractivity contribution < 1.29 is 14.3 Å². The number of nitrogens with one attached hydrogen (secondary N) is 1. The van der Waals surface area contributed by atoms with Gasteiger partial charge in [-0.05, 0) is 43.4 Å². The molecule has 2 aliphatic rings. The highest BCUT2D eigenvalue weighted by molar-refractivity contribution is 6.31. The van der Waals surface area contributed by atoms with Crippen molar-refractivity contribution in [2.24, 2.45) is 0 Å². The first-order chi connectivity index (χ1) is 17.0. The summed E-state index contributed by atoms with van der Waals surface area (Å²) in [6, 6.07) is 14.7. The summed E-state index contributed by atoms with van der Waals surface area (Å²) in [5, 5.41) is 3.39. The lowest BCUT2D eigenvalue weighted by molar-refractivity contribution is -0.119. The van der Waals surface area contributed by atoms with E-state index in [1.165, 1.54) is 24.0 Å². The first-order valence-electron chi connectivity index (χ1n) is 11.1. The number of hydrogen-bond acceptors (Lipinski definition) is 8. The smallest absolute Gasteiger partial charge is 0.258 e. The number of rotatable bonds is 6. The van der Waals surface area contributed by atoms with E-state index in [0.29, 0.717) is 17.4 Å². The largest absolute Gasteiger partial charge is 0.437 e. The fourth-order valence-corrected chi connectivity index (χ4v) is 4.01. The second-order valence-corrected chi connectivity index (χ2v) is 8.66. The molecule has 0 unspecified atom stereocenters. The predicted octanol–water partition coefficient (Wildman–Crippen LogP) is 3.85. The Labute approximate surface area is 207 Å². The Hall–Kier alpha value is -3.95. The number of piperazine rings is 1. The number of anilines is 4. The number of nitrogens with zero attached hydrogens (tertiary/aromatic N) is 5. The molecule has 5 rings (SSSR count). The van der Waals surface area contributed by atoms with Crippen molar-refractivity contribution in [1.82, 2.24) is 14.9 Å². The first kappa shape index (κ1) is 22.8. The van der Waals surface area contributed by atoms with Gasteiger partial charge in [0.15, 0.2) is 0 Å². The second-order valence-electron chi connectivity index (χ2n) is 8.25. The number of imide groups is 1. The summed E-state index contributed by atoms with van der Waals surface area (Å²) < 4.78 is 5.86. The van der Waals surface area contributed by atoms with Crippen LogP contribution in [0.2, 0.25) is 5.02 Å². The molecule has 9 nitrogen and oxygen atoms in total. The van der Waals surface area contributed by atoms with Gasteiger partial charge in [-0.15, -0.1) is 0 Å². The van der Waals surface area contributed by atoms with Crippen molar-refractivity contribution in [3.63, 3.8) is 0 Å². The van der Waals surface area contributed by atoms with E-state index < -0.39 is 11.8 Å². The van der Waals surface area contributed by atoms with Crippen molar-refractivity contribution in [1.29, 1.82) is 0 Å². The molecule has 0 atom stereocenters. The van der Waals surface area contributed by atoms with E-state index in [1.54, 1.807) is 24.3 Å². The summed E-state index contributed by atoms with van der Waals surface area (Å²) in [5.74, 6) is 0.0299. The molecule has 2 aliphatic heterocycles. The Morgan fingerprint density at radius 2 is 1.66 bits per heavy atom. The number of halogens is 1. The van der Waals surface area contributed by atoms with E-state index in [2.05, 4.69) is 44.3 Å². The first-order valence-corrected chi connectivity index (χ1v) is 11.5. The second kappa shape index (κ2) is 9.73. The van der Waals surface area contributed by atoms with Crippen LogP contribution in [-0.2, 0) is 9.59 Å². The number of carbonyl (C=O) groups excluding carboxylic acids is 2. The van der Waals surface area contributed by atoms with Crippen LogP contribution in [0.15, 0.2) is 66.9 Å². The average molecular weight is 491 g/mol. The molecule has 1 fully saturated rings. The maximum absolute atomic E-state index is 12.0. The number of amides is 2. The molecular formula is C25H23ClN6O3. The zero-order valence-electron chi connectivity index (χ0n) is 19.0. The minimum atomic E-state index is -0.405. The van der Waals surface area contributed by atoms with Crippen LogP contribution in [0.5, 0.6) is 11.6 Å². The minimum Gasteiger partial charge on any atom is -0.437 e. The van der Waals surface area contributed by atoms with Crippen LogP contribution in [0.3, 0.4) is 0 Å². The third kappa shape index (κ3) is 5.11. The lowest BCUT2D eigenvalue weighted by Gasteiger charge is -2.34. The van der Waals surface area contributed by atoms with Gasteiger partial charge in [0.1, 0.15) is 10.8 Å². The van der Waals surface area contributed by atoms with Crippen LogP contribution in [0, 0.1) is 0 Å². The molecule has 1 aromatic heterocycles. The fraction of sp³-hybridized carbons (Fsp3) is 0.200. The van der Waals surface area contributed by atoms with Gasteiger partial charge in [0.25, 0.3) is 11.8 Å². The van der Waals surface area contributed by atoms with Gasteiger partial charge >= 0.3 is 0 Å². The van der Waals surface area contributed by atoms with Crippen molar-refractivity contribution in [3.05, 3.63) is 71.9 Å². The molecular weight excluding hydrogens is 468 g/mol. The summed E-state index contributed by atoms with van der Waals surface area (Å²) in [6.07, 6.45) is 3.91. The summed E-state index contributed by atoms with van der Waals surface area (Å²) in [5.41, 5.74) is 2.40. The highest BCUT2D eigenvalue weighted by Gasteiger charge is 2.25. The molecule has 0 bridgehead atoms. The van der Waals surface area contributed by atoms with Crippen molar-refractivity contribution >= 4 is 46.4 Å². The SMILES string of the molecule is CN1CCN(c2ccc(Nc3ncc(Cl)c(Oc4cccc(N5C(=O)C=CC5=O)c4)n3)cc2)CC1. The Morgan fingerprint density at radius 1 is 0.943 bits per heavy atom. The molecule has 1 saturated heterocycles. The molecule has 3 aromatic rings. The third-order valence-corrected chi connectivity index (χ3v) is 6.06. The van der Waals surface area contributed by atoms with Crippen molar-refractivity contribution in [2.75, 3.05) is 48.3 Å². The topological polar surface area (TPSA) is 90.9 Å². The zero-order chi connectivity index (χ0) is 24.4. The van der Waals surface area contributed by atoms with E-state index in [-0.39, 0.29) is 10.9 Å². The van der Waals surface area contributed by atoms with Gasteiger partial charge in [-0.1, -0.05) is 17.7 Å². The molecule has 10 heteroatoms. The van der Waals surface area contributed by atoms with Gasteiger partial charge in [-0.3, -0.25) is 9.59 Å². The number of ether oxygens (including phenoxy) is 1. The predicted molar refractivity (Wildman–Crippen MR) is 135 cm³/mol. The standard InChI is InChI=1S/C25H23ClN6O3/c1-30-11-13-31(14-12-30)18-7-5-17(6-8-18)28-25-27-16-21(26)24(29-25)35-20-4-2-3-19(15-20)32-22(33)9-10-23(32)34/h2-10,15-16H,11-14H2,1H3,(H,27,28,29). The van der Waals surface area contributed by atoms with E-state index >= 15 is 0 Å². The number of aromatic nitrogens is 2. The van der Waals surface area contributed by atoms with Crippen LogP contribution < -0.4 is 19.9 Å². The summed E-state index contributed by atoms with van der Waals surface area (Å²) in [6.45, 7) is 4.10. The van der Waals surface area contributed by atoms with Crippen molar-refractivity contribution in [3.8, 4) is 11.6 Å². The van der Waals surface area contributed by atoms with Crippen LogP contribution in [0.1, 0.15) is 0 Å². The molecule has 0 radical (unpaired) electrons. The van der Waals surface area contributed by atoms with Gasteiger partial charge in [0.05, 0.1) is 11.9 Å². The van der Waals surface area contributed by atoms with Crippen molar-refractivity contribution in [2.45, 2.75) is 0 Å². The summed E-state index contributed by atoms with van der Waals surface area (Å²) in [4.78, 5) is 38.3. The summed E-state index contributed by atoms with van der Waals surface area (Å²) in [7, 11) is 2.14. The molecule has 2 aromatic carbocycles. The Balaban J connectivity index is 1.29. The Bertz CT molecular complexity index is 1270. The lowest BCUT2D eigenvalue weighted by Crippen LogP contribution is -2.44. The van der Waals surface area contributed by atoms with E-state index in [4.69, 9.17) is 16.3 Å². The monoisotopic (exact) mass is 490 g/mol. The highest BCUT2D eigenvalue weighted by atomic mass is 35.5. The maximum Gasteiger partial charge on any atom is 0.258 e. The molecule has 35 heavy (non-hydrogen) atoms. The molecule has 2 amide bonds. The molecule has 0 saturated carbocycles. The van der Waals surface area contributed by atoms with Gasteiger partial charge in [-0.25, -0.2) is 9.88 Å². The van der Waals surface area contributed by atoms with Crippen LogP contribution in [-0.4, -0.2) is 59.9 Å². The number of carbonyl (C=O) groups is 2. The summed E-state index contributed by atoms with van der Waals surface area (Å²) >= 11 is 6.26. The van der Waals surface area contributed by atoms with E-state index in [0.717, 1.165) is 36.8 Å². The molecule has 1 N–H and O–H groups in total. The van der Waals surface area contributed by atoms with E-state index in [9.17, 15) is 9.59 Å². The van der Waals surface area contributed by atoms with Crippen LogP contribution in [0.25, 0.3) is 0 Å². The molecule has 0 aliphatic carbocycles. The van der Waals surface area contributed by atoms with Crippen LogP contribution in [0.4, 0.5) is 23.0 Å². The quantitative estimate of drug-likeness (QED) is 0.521. The Kier molecular flexibility index (Phi) is 6.35. The molecule has 0 spiro atoms. The Morgan fingerprint density at radius 3 is 2.37 bits per heavy atom. The normalized spacial score (nSPS) is 16.2. The number of benzene rings is 2. The van der Waals surface area contributed by atoms with Crippen LogP contribution >= 0.6 is 11.6 Å². The zero-order valence-corrected chi connectivity index (χ0v) is 19.8. The third-order valence-electron chi connectivity index (χ3n) is 5.80. The number of likely N-dealkylation sites (N-methyl/N-ethyl adjacent to an activating group) is 1. The number of hydrogen-bond donors (Lipinski definition) is 1. The fourth-order valence-electron chi connectivity index (χ4n) is 3.89. The molecule has 178 valence electrons. The van der Waals surface area contributed by atoms with Gasteiger partial charge < -0.3 is 19.9 Å². The maximum atomic E-state index is 12.0. The van der Waals surface area contributed by atoms with Gasteiger partial charge in [-0.2, -0.15) is 4.98 Å². The van der Waals surface area contributed by atoms with Gasteiger partial charge in [0.2, 0.25) is 11.8 Å². The highest BCUT2D eigenvalue weighted by Crippen LogP contribution is 2.31.